The normalized spacial score (nSPS) is 10.2. The Balaban J connectivity index is 4.98. The molecule has 0 aliphatic heterocycles. The summed E-state index contributed by atoms with van der Waals surface area (Å²) in [5.41, 5.74) is 1.22. The molecule has 0 heterocycles. The smallest absolute Gasteiger partial charge is 0.0393 e. The summed E-state index contributed by atoms with van der Waals surface area (Å²) >= 11 is 0. The average molecular weight is 128 g/mol. The first-order valence-corrected chi connectivity index (χ1v) is 2.72. The maximum atomic E-state index is 5.11. The summed E-state index contributed by atoms with van der Waals surface area (Å²) in [6.45, 7) is 7.01. The van der Waals surface area contributed by atoms with Gasteiger partial charge in [-0.15, -0.1) is 12.8 Å². The second-order valence-corrected chi connectivity index (χ2v) is 1.52. The monoisotopic (exact) mass is 128 g/mol. The Hall–Kier alpha value is -1.66. The van der Waals surface area contributed by atoms with Crippen molar-refractivity contribution in [1.29, 1.82) is 0 Å². The van der Waals surface area contributed by atoms with Crippen LogP contribution in [-0.2, 0) is 0 Å². The van der Waals surface area contributed by atoms with Gasteiger partial charge in [0.15, 0.2) is 0 Å². The highest BCUT2D eigenvalue weighted by atomic mass is 13.9. The first-order valence-electron chi connectivity index (χ1n) is 2.72. The van der Waals surface area contributed by atoms with Crippen molar-refractivity contribution in [2.75, 3.05) is 0 Å². The van der Waals surface area contributed by atoms with Crippen molar-refractivity contribution in [1.82, 2.24) is 0 Å². The van der Waals surface area contributed by atoms with E-state index in [0.29, 0.717) is 11.1 Å². The zero-order valence-electron chi connectivity index (χ0n) is 5.72. The Morgan fingerprint density at radius 1 is 1.00 bits per heavy atom. The SMILES string of the molecule is C#C/C(C=C)=C(/C#C)C=C. The second kappa shape index (κ2) is 4.24. The molecule has 0 aromatic heterocycles. The minimum atomic E-state index is 0.609. The van der Waals surface area contributed by atoms with Crippen LogP contribution in [-0.4, -0.2) is 0 Å². The minimum absolute atomic E-state index is 0.609. The maximum Gasteiger partial charge on any atom is 0.0393 e. The van der Waals surface area contributed by atoms with Crippen LogP contribution >= 0.6 is 0 Å². The molecular weight excluding hydrogens is 120 g/mol. The molecule has 0 spiro atoms. The lowest BCUT2D eigenvalue weighted by Crippen LogP contribution is -1.78. The number of terminal acetylenes is 2. The van der Waals surface area contributed by atoms with Crippen molar-refractivity contribution in [2.24, 2.45) is 0 Å². The molecule has 0 fully saturated rings. The molecule has 0 aromatic rings. The van der Waals surface area contributed by atoms with Gasteiger partial charge in [-0.3, -0.25) is 0 Å². The van der Waals surface area contributed by atoms with Crippen molar-refractivity contribution >= 4 is 0 Å². The molecule has 0 aliphatic rings. The van der Waals surface area contributed by atoms with Gasteiger partial charge < -0.3 is 0 Å². The van der Waals surface area contributed by atoms with Gasteiger partial charge in [0, 0.05) is 11.1 Å². The molecule has 0 saturated heterocycles. The molecular formula is C10H8. The van der Waals surface area contributed by atoms with Gasteiger partial charge in [-0.2, -0.15) is 0 Å². The number of hydrogen-bond acceptors (Lipinski definition) is 0. The van der Waals surface area contributed by atoms with E-state index >= 15 is 0 Å². The van der Waals surface area contributed by atoms with Gasteiger partial charge >= 0.3 is 0 Å². The number of rotatable bonds is 2. The molecule has 0 radical (unpaired) electrons. The molecule has 0 saturated carbocycles. The van der Waals surface area contributed by atoms with Crippen LogP contribution in [0.1, 0.15) is 0 Å². The van der Waals surface area contributed by atoms with Crippen molar-refractivity contribution in [3.63, 3.8) is 0 Å². The Morgan fingerprint density at radius 2 is 1.30 bits per heavy atom. The van der Waals surface area contributed by atoms with Gasteiger partial charge in [0.25, 0.3) is 0 Å². The third-order valence-corrected chi connectivity index (χ3v) is 1.01. The third-order valence-electron chi connectivity index (χ3n) is 1.01. The summed E-state index contributed by atoms with van der Waals surface area (Å²) in [7, 11) is 0. The van der Waals surface area contributed by atoms with E-state index in [2.05, 4.69) is 25.0 Å². The second-order valence-electron chi connectivity index (χ2n) is 1.52. The van der Waals surface area contributed by atoms with E-state index in [1.807, 2.05) is 0 Å². The standard InChI is InChI=1S/C10H8/c1-5-9(6-2)10(7-3)8-4/h1,3,6,8H,2,4H2/b10-9+. The number of hydrogen-bond donors (Lipinski definition) is 0. The van der Waals surface area contributed by atoms with Gasteiger partial charge in [-0.25, -0.2) is 0 Å². The minimum Gasteiger partial charge on any atom is -0.115 e. The summed E-state index contributed by atoms with van der Waals surface area (Å²) < 4.78 is 0. The lowest BCUT2D eigenvalue weighted by Gasteiger charge is -1.91. The van der Waals surface area contributed by atoms with Gasteiger partial charge in [0.1, 0.15) is 0 Å². The highest BCUT2D eigenvalue weighted by Gasteiger charge is 1.90. The van der Waals surface area contributed by atoms with Crippen molar-refractivity contribution in [2.45, 2.75) is 0 Å². The first-order chi connectivity index (χ1) is 4.79. The van der Waals surface area contributed by atoms with Gasteiger partial charge in [-0.05, 0) is 0 Å². The maximum absolute atomic E-state index is 5.11. The van der Waals surface area contributed by atoms with Crippen LogP contribution in [0, 0.1) is 24.7 Å². The lowest BCUT2D eigenvalue weighted by molar-refractivity contribution is 1.68. The Labute approximate surface area is 62.0 Å². The number of allylic oxidation sites excluding steroid dienone is 4. The molecule has 0 nitrogen and oxygen atoms in total. The fraction of sp³-hybridized carbons (Fsp3) is 0. The predicted octanol–water partition coefficient (Wildman–Crippen LogP) is 1.92. The Bertz CT molecular complexity index is 223. The molecule has 0 atom stereocenters. The molecule has 0 amide bonds. The van der Waals surface area contributed by atoms with Crippen LogP contribution in [0.4, 0.5) is 0 Å². The van der Waals surface area contributed by atoms with Crippen LogP contribution in [0.15, 0.2) is 36.5 Å². The summed E-state index contributed by atoms with van der Waals surface area (Å²) in [4.78, 5) is 0. The van der Waals surface area contributed by atoms with Crippen molar-refractivity contribution in [3.8, 4) is 24.7 Å². The van der Waals surface area contributed by atoms with E-state index in [-0.39, 0.29) is 0 Å². The van der Waals surface area contributed by atoms with E-state index in [0.717, 1.165) is 0 Å². The lowest BCUT2D eigenvalue weighted by atomic mass is 10.1. The van der Waals surface area contributed by atoms with E-state index in [1.54, 1.807) is 0 Å². The molecule has 0 rings (SSSR count). The summed E-state index contributed by atoms with van der Waals surface area (Å²) in [5, 5.41) is 0. The molecule has 0 bridgehead atoms. The quantitative estimate of drug-likeness (QED) is 0.393. The van der Waals surface area contributed by atoms with Crippen LogP contribution < -0.4 is 0 Å². The molecule has 0 N–H and O–H groups in total. The highest BCUT2D eigenvalue weighted by Crippen LogP contribution is 2.03. The predicted molar refractivity (Wildman–Crippen MR) is 45.1 cm³/mol. The zero-order chi connectivity index (χ0) is 7.98. The molecule has 0 unspecified atom stereocenters. The zero-order valence-corrected chi connectivity index (χ0v) is 5.72. The molecule has 0 heteroatoms. The summed E-state index contributed by atoms with van der Waals surface area (Å²) in [6.07, 6.45) is 13.3. The molecule has 0 aromatic carbocycles. The fourth-order valence-electron chi connectivity index (χ4n) is 0.493. The average Bonchev–Trinajstić information content (AvgIpc) is 2.00. The fourth-order valence-corrected chi connectivity index (χ4v) is 0.493. The molecule has 10 heavy (non-hydrogen) atoms. The third kappa shape index (κ3) is 1.69. The molecule has 48 valence electrons. The van der Waals surface area contributed by atoms with Gasteiger partial charge in [-0.1, -0.05) is 37.2 Å². The Kier molecular flexibility index (Phi) is 3.54. The van der Waals surface area contributed by atoms with E-state index < -0.39 is 0 Å². The molecule has 0 aliphatic carbocycles. The van der Waals surface area contributed by atoms with E-state index in [1.165, 1.54) is 12.2 Å². The van der Waals surface area contributed by atoms with E-state index in [9.17, 15) is 0 Å². The Morgan fingerprint density at radius 3 is 1.40 bits per heavy atom. The van der Waals surface area contributed by atoms with Crippen molar-refractivity contribution < 1.29 is 0 Å². The topological polar surface area (TPSA) is 0 Å². The van der Waals surface area contributed by atoms with Gasteiger partial charge in [0.2, 0.25) is 0 Å². The van der Waals surface area contributed by atoms with Gasteiger partial charge in [0.05, 0.1) is 0 Å². The highest BCUT2D eigenvalue weighted by molar-refractivity contribution is 5.51. The van der Waals surface area contributed by atoms with Crippen LogP contribution in [0.3, 0.4) is 0 Å². The van der Waals surface area contributed by atoms with Crippen LogP contribution in [0.25, 0.3) is 0 Å². The van der Waals surface area contributed by atoms with E-state index in [4.69, 9.17) is 12.8 Å². The summed E-state index contributed by atoms with van der Waals surface area (Å²) in [6, 6.07) is 0. The van der Waals surface area contributed by atoms with Crippen LogP contribution in [0.5, 0.6) is 0 Å². The largest absolute Gasteiger partial charge is 0.115 e. The van der Waals surface area contributed by atoms with Crippen LogP contribution in [0.2, 0.25) is 0 Å². The summed E-state index contributed by atoms with van der Waals surface area (Å²) in [5.74, 6) is 4.80. The first kappa shape index (κ1) is 8.34. The van der Waals surface area contributed by atoms with Crippen molar-refractivity contribution in [3.05, 3.63) is 36.5 Å².